The summed E-state index contributed by atoms with van der Waals surface area (Å²) in [6.45, 7) is 0.675. The first-order chi connectivity index (χ1) is 13.0. The number of rotatable bonds is 5. The van der Waals surface area contributed by atoms with Gasteiger partial charge in [0.1, 0.15) is 24.0 Å². The standard InChI is InChI=1S/C18H16ClFN4O3/c1-26-4-2-3-9-5-11(20)15-13(8-27-14(15)6-9)21-16-10(19)7-12-17(23-16)24-18(25)22-12/h2-3,5-7,13H,4,8H2,1H3,(H3,21,22,23,24,25)/b3-2+. The van der Waals surface area contributed by atoms with Crippen LogP contribution in [0.1, 0.15) is 17.2 Å². The van der Waals surface area contributed by atoms with Crippen LogP contribution in [0, 0.1) is 5.82 Å². The van der Waals surface area contributed by atoms with Crippen LogP contribution < -0.4 is 15.7 Å². The third kappa shape index (κ3) is 3.41. The average molecular weight is 391 g/mol. The number of fused-ring (bicyclic) bond motifs is 2. The lowest BCUT2D eigenvalue weighted by Gasteiger charge is -2.14. The monoisotopic (exact) mass is 390 g/mol. The van der Waals surface area contributed by atoms with Gasteiger partial charge in [-0.2, -0.15) is 0 Å². The SMILES string of the molecule is COC/C=C/c1cc(F)c2c(c1)OCC2Nc1nc2[nH]c(=O)[nH]c2cc1Cl. The number of aromatic nitrogens is 3. The topological polar surface area (TPSA) is 92.0 Å². The molecule has 0 fully saturated rings. The third-order valence-corrected chi connectivity index (χ3v) is 4.50. The lowest BCUT2D eigenvalue weighted by Crippen LogP contribution is -2.14. The molecule has 140 valence electrons. The van der Waals surface area contributed by atoms with E-state index in [1.54, 1.807) is 31.4 Å². The van der Waals surface area contributed by atoms with E-state index in [-0.39, 0.29) is 18.1 Å². The number of nitrogens with zero attached hydrogens (tertiary/aromatic N) is 1. The van der Waals surface area contributed by atoms with Gasteiger partial charge in [0.25, 0.3) is 0 Å². The second kappa shape index (κ2) is 7.05. The fourth-order valence-corrected chi connectivity index (χ4v) is 3.23. The van der Waals surface area contributed by atoms with Crippen molar-refractivity contribution in [3.8, 4) is 5.75 Å². The van der Waals surface area contributed by atoms with Crippen molar-refractivity contribution in [3.05, 3.63) is 56.7 Å². The fourth-order valence-electron chi connectivity index (χ4n) is 3.02. The van der Waals surface area contributed by atoms with E-state index in [2.05, 4.69) is 20.3 Å². The number of nitrogens with one attached hydrogen (secondary N) is 3. The van der Waals surface area contributed by atoms with Crippen molar-refractivity contribution in [2.24, 2.45) is 0 Å². The molecule has 1 aromatic carbocycles. The molecule has 1 unspecified atom stereocenters. The number of anilines is 1. The maximum atomic E-state index is 14.7. The Morgan fingerprint density at radius 1 is 1.44 bits per heavy atom. The maximum absolute atomic E-state index is 14.7. The number of aromatic amines is 2. The van der Waals surface area contributed by atoms with Crippen LogP contribution in [0.15, 0.2) is 29.1 Å². The van der Waals surface area contributed by atoms with E-state index >= 15 is 0 Å². The molecule has 2 aromatic heterocycles. The Labute approximate surface area is 158 Å². The van der Waals surface area contributed by atoms with Gasteiger partial charge in [-0.25, -0.2) is 14.2 Å². The van der Waals surface area contributed by atoms with Gasteiger partial charge in [0.05, 0.1) is 28.8 Å². The zero-order valence-corrected chi connectivity index (χ0v) is 15.1. The third-order valence-electron chi connectivity index (χ3n) is 4.21. The summed E-state index contributed by atoms with van der Waals surface area (Å²) in [5, 5.41) is 3.41. The van der Waals surface area contributed by atoms with Crippen LogP contribution in [0.5, 0.6) is 5.75 Å². The van der Waals surface area contributed by atoms with Crippen LogP contribution in [-0.2, 0) is 4.74 Å². The van der Waals surface area contributed by atoms with E-state index in [9.17, 15) is 9.18 Å². The summed E-state index contributed by atoms with van der Waals surface area (Å²) < 4.78 is 25.3. The molecule has 0 radical (unpaired) electrons. The van der Waals surface area contributed by atoms with Gasteiger partial charge in [-0.05, 0) is 23.8 Å². The van der Waals surface area contributed by atoms with Gasteiger partial charge in [-0.15, -0.1) is 0 Å². The maximum Gasteiger partial charge on any atom is 0.325 e. The number of hydrogen-bond acceptors (Lipinski definition) is 5. The summed E-state index contributed by atoms with van der Waals surface area (Å²) in [5.41, 5.74) is 1.59. The van der Waals surface area contributed by atoms with Crippen molar-refractivity contribution < 1.29 is 13.9 Å². The van der Waals surface area contributed by atoms with Crippen molar-refractivity contribution in [1.82, 2.24) is 15.0 Å². The van der Waals surface area contributed by atoms with Gasteiger partial charge in [-0.3, -0.25) is 4.98 Å². The van der Waals surface area contributed by atoms with E-state index in [1.165, 1.54) is 6.07 Å². The van der Waals surface area contributed by atoms with Gasteiger partial charge in [0.15, 0.2) is 5.65 Å². The molecule has 9 heteroatoms. The number of hydrogen-bond donors (Lipinski definition) is 3. The lowest BCUT2D eigenvalue weighted by atomic mass is 10.0. The van der Waals surface area contributed by atoms with E-state index in [0.717, 1.165) is 0 Å². The van der Waals surface area contributed by atoms with Crippen molar-refractivity contribution in [3.63, 3.8) is 0 Å². The molecule has 0 aliphatic carbocycles. The van der Waals surface area contributed by atoms with Gasteiger partial charge in [0.2, 0.25) is 0 Å². The Kier molecular flexibility index (Phi) is 4.59. The Bertz CT molecular complexity index is 1090. The fraction of sp³-hybridized carbons (Fsp3) is 0.222. The summed E-state index contributed by atoms with van der Waals surface area (Å²) in [6, 6.07) is 4.34. The first-order valence-electron chi connectivity index (χ1n) is 8.22. The van der Waals surface area contributed by atoms with Crippen LogP contribution in [0.4, 0.5) is 10.2 Å². The van der Waals surface area contributed by atoms with Crippen molar-refractivity contribution in [2.45, 2.75) is 6.04 Å². The molecular weight excluding hydrogens is 375 g/mol. The van der Waals surface area contributed by atoms with Crippen molar-refractivity contribution in [1.29, 1.82) is 0 Å². The molecule has 0 bridgehead atoms. The Morgan fingerprint density at radius 2 is 2.30 bits per heavy atom. The van der Waals surface area contributed by atoms with Gasteiger partial charge in [0, 0.05) is 7.11 Å². The number of benzene rings is 1. The van der Waals surface area contributed by atoms with Gasteiger partial charge >= 0.3 is 5.69 Å². The quantitative estimate of drug-likeness (QED) is 0.622. The first-order valence-corrected chi connectivity index (χ1v) is 8.59. The van der Waals surface area contributed by atoms with E-state index in [4.69, 9.17) is 21.1 Å². The second-order valence-electron chi connectivity index (χ2n) is 6.07. The Hall–Kier alpha value is -2.84. The van der Waals surface area contributed by atoms with E-state index < -0.39 is 6.04 Å². The Morgan fingerprint density at radius 3 is 3.11 bits per heavy atom. The smallest absolute Gasteiger partial charge is 0.325 e. The lowest BCUT2D eigenvalue weighted by molar-refractivity contribution is 0.234. The summed E-state index contributed by atoms with van der Waals surface area (Å²) in [6.07, 6.45) is 3.56. The minimum Gasteiger partial charge on any atom is -0.491 e. The Balaban J connectivity index is 1.63. The summed E-state index contributed by atoms with van der Waals surface area (Å²) in [7, 11) is 1.59. The molecule has 3 heterocycles. The highest BCUT2D eigenvalue weighted by molar-refractivity contribution is 6.33. The van der Waals surface area contributed by atoms with Gasteiger partial charge < -0.3 is 19.8 Å². The van der Waals surface area contributed by atoms with Crippen LogP contribution in [-0.4, -0.2) is 35.3 Å². The molecule has 4 rings (SSSR count). The van der Waals surface area contributed by atoms with Crippen molar-refractivity contribution in [2.75, 3.05) is 25.6 Å². The van der Waals surface area contributed by atoms with E-state index in [1.807, 2.05) is 0 Å². The molecule has 3 aromatic rings. The molecule has 7 nitrogen and oxygen atoms in total. The highest BCUT2D eigenvalue weighted by atomic mass is 35.5. The zero-order valence-electron chi connectivity index (χ0n) is 14.3. The minimum atomic E-state index is -0.454. The van der Waals surface area contributed by atoms with Crippen LogP contribution in [0.25, 0.3) is 17.2 Å². The number of H-pyrrole nitrogens is 2. The molecule has 3 N–H and O–H groups in total. The largest absolute Gasteiger partial charge is 0.491 e. The minimum absolute atomic E-state index is 0.233. The number of methoxy groups -OCH3 is 1. The number of pyridine rings is 1. The normalized spacial score (nSPS) is 16.0. The highest BCUT2D eigenvalue weighted by Gasteiger charge is 2.29. The molecule has 0 spiro atoms. The van der Waals surface area contributed by atoms with Crippen molar-refractivity contribution >= 4 is 34.7 Å². The molecule has 0 saturated carbocycles. The van der Waals surface area contributed by atoms with E-state index in [0.29, 0.717) is 45.5 Å². The molecule has 27 heavy (non-hydrogen) atoms. The molecule has 0 saturated heterocycles. The van der Waals surface area contributed by atoms with Crippen LogP contribution in [0.3, 0.4) is 0 Å². The highest BCUT2D eigenvalue weighted by Crippen LogP contribution is 2.38. The molecule has 1 aliphatic rings. The number of halogens is 2. The summed E-state index contributed by atoms with van der Waals surface area (Å²) in [4.78, 5) is 20.8. The second-order valence-corrected chi connectivity index (χ2v) is 6.48. The molecule has 1 atom stereocenters. The molecule has 1 aliphatic heterocycles. The molecular formula is C18H16ClFN4O3. The number of imidazole rings is 1. The summed E-state index contributed by atoms with van der Waals surface area (Å²) in [5.74, 6) is 0.424. The number of ether oxygens (including phenoxy) is 2. The zero-order chi connectivity index (χ0) is 19.0. The average Bonchev–Trinajstić information content (AvgIpc) is 3.18. The first kappa shape index (κ1) is 17.6. The predicted octanol–water partition coefficient (Wildman–Crippen LogP) is 3.25. The van der Waals surface area contributed by atoms with Gasteiger partial charge in [-0.1, -0.05) is 23.8 Å². The predicted molar refractivity (Wildman–Crippen MR) is 101 cm³/mol. The van der Waals surface area contributed by atoms with Crippen LogP contribution in [0.2, 0.25) is 5.02 Å². The summed E-state index contributed by atoms with van der Waals surface area (Å²) >= 11 is 6.24. The molecule has 0 amide bonds. The van der Waals surface area contributed by atoms with Crippen LogP contribution >= 0.6 is 11.6 Å².